The van der Waals surface area contributed by atoms with E-state index in [1.165, 1.54) is 4.68 Å². The fraction of sp³-hybridized carbons (Fsp3) is 0.250. The summed E-state index contributed by atoms with van der Waals surface area (Å²) >= 11 is 6.02. The third-order valence-corrected chi connectivity index (χ3v) is 5.09. The van der Waals surface area contributed by atoms with E-state index in [1.54, 1.807) is 14.0 Å². The first-order chi connectivity index (χ1) is 9.22. The topological polar surface area (TPSA) is 78.0 Å². The van der Waals surface area contributed by atoms with Crippen LogP contribution in [0, 0.1) is 12.7 Å². The molecule has 1 heterocycles. The van der Waals surface area contributed by atoms with E-state index in [0.717, 1.165) is 18.2 Å². The van der Waals surface area contributed by atoms with Crippen molar-refractivity contribution in [1.82, 2.24) is 9.78 Å². The molecule has 0 saturated carbocycles. The molecular formula is C12H13ClFN3O2S. The van der Waals surface area contributed by atoms with Crippen LogP contribution in [0.5, 0.6) is 0 Å². The summed E-state index contributed by atoms with van der Waals surface area (Å²) in [5.74, 6) is -0.918. The van der Waals surface area contributed by atoms with E-state index in [2.05, 4.69) is 5.10 Å². The first-order valence-corrected chi connectivity index (χ1v) is 7.71. The summed E-state index contributed by atoms with van der Waals surface area (Å²) < 4.78 is 39.1. The Kier molecular flexibility index (Phi) is 3.75. The predicted octanol–water partition coefficient (Wildman–Crippen LogP) is 2.08. The molecule has 2 aromatic rings. The van der Waals surface area contributed by atoms with Crippen LogP contribution in [0.15, 0.2) is 23.1 Å². The summed E-state index contributed by atoms with van der Waals surface area (Å²) in [6.07, 6.45) is 0. The zero-order chi connectivity index (χ0) is 15.1. The largest absolute Gasteiger partial charge is 0.398 e. The van der Waals surface area contributed by atoms with Crippen molar-refractivity contribution in [3.8, 4) is 0 Å². The van der Waals surface area contributed by atoms with Crippen molar-refractivity contribution in [2.75, 3.05) is 5.73 Å². The molecular weight excluding hydrogens is 305 g/mol. The van der Waals surface area contributed by atoms with Gasteiger partial charge in [-0.1, -0.05) is 11.6 Å². The molecule has 0 spiro atoms. The van der Waals surface area contributed by atoms with Gasteiger partial charge in [-0.2, -0.15) is 5.10 Å². The van der Waals surface area contributed by atoms with Crippen molar-refractivity contribution in [3.05, 3.63) is 40.4 Å². The molecule has 2 rings (SSSR count). The SMILES string of the molecule is Cc1nn(C)c(Cl)c1CS(=O)(=O)c1ccc(F)cc1N. The number of aryl methyl sites for hydroxylation is 2. The minimum atomic E-state index is -3.72. The normalized spacial score (nSPS) is 11.8. The second-order valence-electron chi connectivity index (χ2n) is 4.42. The number of sulfone groups is 1. The number of anilines is 1. The highest BCUT2D eigenvalue weighted by Crippen LogP contribution is 2.27. The molecule has 0 aliphatic carbocycles. The van der Waals surface area contributed by atoms with Crippen LogP contribution >= 0.6 is 11.6 Å². The van der Waals surface area contributed by atoms with E-state index in [0.29, 0.717) is 11.3 Å². The molecule has 0 saturated heterocycles. The van der Waals surface area contributed by atoms with Crippen molar-refractivity contribution >= 4 is 27.1 Å². The van der Waals surface area contributed by atoms with E-state index in [-0.39, 0.29) is 21.5 Å². The lowest BCUT2D eigenvalue weighted by Crippen LogP contribution is -2.09. The van der Waals surface area contributed by atoms with Gasteiger partial charge in [0.25, 0.3) is 0 Å². The summed E-state index contributed by atoms with van der Waals surface area (Å²) in [5, 5.41) is 4.31. The van der Waals surface area contributed by atoms with E-state index >= 15 is 0 Å². The summed E-state index contributed by atoms with van der Waals surface area (Å²) in [7, 11) is -2.10. The van der Waals surface area contributed by atoms with Gasteiger partial charge in [-0.15, -0.1) is 0 Å². The lowest BCUT2D eigenvalue weighted by atomic mass is 10.3. The highest BCUT2D eigenvalue weighted by Gasteiger charge is 2.23. The molecule has 5 nitrogen and oxygen atoms in total. The second-order valence-corrected chi connectivity index (χ2v) is 6.74. The molecule has 108 valence electrons. The lowest BCUT2D eigenvalue weighted by molar-refractivity contribution is 0.594. The van der Waals surface area contributed by atoms with Gasteiger partial charge in [-0.3, -0.25) is 4.68 Å². The van der Waals surface area contributed by atoms with Gasteiger partial charge in [0.2, 0.25) is 0 Å². The Morgan fingerprint density at radius 3 is 2.60 bits per heavy atom. The number of aromatic nitrogens is 2. The summed E-state index contributed by atoms with van der Waals surface area (Å²) in [6.45, 7) is 1.67. The zero-order valence-electron chi connectivity index (χ0n) is 10.9. The molecule has 0 aliphatic heterocycles. The number of nitrogens with zero attached hydrogens (tertiary/aromatic N) is 2. The Balaban J connectivity index is 2.46. The molecule has 0 atom stereocenters. The Labute approximate surface area is 121 Å². The number of hydrogen-bond donors (Lipinski definition) is 1. The van der Waals surface area contributed by atoms with Crippen molar-refractivity contribution in [2.24, 2.45) is 7.05 Å². The maximum Gasteiger partial charge on any atom is 0.184 e. The number of halogens is 2. The highest BCUT2D eigenvalue weighted by atomic mass is 35.5. The highest BCUT2D eigenvalue weighted by molar-refractivity contribution is 7.90. The first kappa shape index (κ1) is 14.8. The molecule has 0 unspecified atom stereocenters. The van der Waals surface area contributed by atoms with E-state index < -0.39 is 15.7 Å². The lowest BCUT2D eigenvalue weighted by Gasteiger charge is -2.07. The third-order valence-electron chi connectivity index (χ3n) is 2.91. The van der Waals surface area contributed by atoms with Crippen LogP contribution < -0.4 is 5.73 Å². The van der Waals surface area contributed by atoms with Crippen molar-refractivity contribution in [1.29, 1.82) is 0 Å². The van der Waals surface area contributed by atoms with Crippen LogP contribution in [0.1, 0.15) is 11.3 Å². The summed E-state index contributed by atoms with van der Waals surface area (Å²) in [5.41, 5.74) is 6.39. The van der Waals surface area contributed by atoms with Crippen LogP contribution in [0.2, 0.25) is 5.15 Å². The predicted molar refractivity (Wildman–Crippen MR) is 74.7 cm³/mol. The van der Waals surface area contributed by atoms with E-state index in [4.69, 9.17) is 17.3 Å². The van der Waals surface area contributed by atoms with Crippen LogP contribution in [0.25, 0.3) is 0 Å². The molecule has 1 aromatic carbocycles. The monoisotopic (exact) mass is 317 g/mol. The van der Waals surface area contributed by atoms with Gasteiger partial charge in [0.1, 0.15) is 11.0 Å². The van der Waals surface area contributed by atoms with Crippen LogP contribution in [-0.4, -0.2) is 18.2 Å². The molecule has 1 aromatic heterocycles. The second kappa shape index (κ2) is 5.06. The maximum absolute atomic E-state index is 13.0. The first-order valence-electron chi connectivity index (χ1n) is 5.68. The quantitative estimate of drug-likeness (QED) is 0.694. The molecule has 0 radical (unpaired) electrons. The standard InChI is InChI=1S/C12H13ClFN3O2S/c1-7-9(12(13)17(2)16-7)6-20(18,19)11-4-3-8(14)5-10(11)15/h3-5H,6,15H2,1-2H3. The Morgan fingerprint density at radius 1 is 1.45 bits per heavy atom. The average molecular weight is 318 g/mol. The Bertz CT molecular complexity index is 771. The summed E-state index contributed by atoms with van der Waals surface area (Å²) in [4.78, 5) is -0.113. The Morgan fingerprint density at radius 2 is 2.10 bits per heavy atom. The van der Waals surface area contributed by atoms with Crippen LogP contribution in [-0.2, 0) is 22.6 Å². The zero-order valence-corrected chi connectivity index (χ0v) is 12.5. The van der Waals surface area contributed by atoms with Crippen LogP contribution in [0.4, 0.5) is 10.1 Å². The molecule has 0 aliphatic rings. The van der Waals surface area contributed by atoms with Crippen molar-refractivity contribution in [3.63, 3.8) is 0 Å². The van der Waals surface area contributed by atoms with Gasteiger partial charge in [0.05, 0.1) is 22.0 Å². The molecule has 0 amide bonds. The number of rotatable bonds is 3. The number of nitrogen functional groups attached to an aromatic ring is 1. The maximum atomic E-state index is 13.0. The molecule has 0 fully saturated rings. The van der Waals surface area contributed by atoms with Gasteiger partial charge in [0.15, 0.2) is 9.84 Å². The number of hydrogen-bond acceptors (Lipinski definition) is 4. The van der Waals surface area contributed by atoms with Crippen molar-refractivity contribution in [2.45, 2.75) is 17.6 Å². The third kappa shape index (κ3) is 2.64. The number of nitrogens with two attached hydrogens (primary N) is 1. The fourth-order valence-corrected chi connectivity index (χ4v) is 3.80. The minimum Gasteiger partial charge on any atom is -0.398 e. The fourth-order valence-electron chi connectivity index (χ4n) is 1.91. The minimum absolute atomic E-state index is 0.113. The number of benzene rings is 1. The molecule has 0 bridgehead atoms. The van der Waals surface area contributed by atoms with Crippen molar-refractivity contribution < 1.29 is 12.8 Å². The molecule has 20 heavy (non-hydrogen) atoms. The molecule has 8 heteroatoms. The van der Waals surface area contributed by atoms with Gasteiger partial charge in [-0.25, -0.2) is 12.8 Å². The van der Waals surface area contributed by atoms with Gasteiger partial charge >= 0.3 is 0 Å². The van der Waals surface area contributed by atoms with Crippen LogP contribution in [0.3, 0.4) is 0 Å². The smallest absolute Gasteiger partial charge is 0.184 e. The summed E-state index contributed by atoms with van der Waals surface area (Å²) in [6, 6.07) is 3.19. The Hall–Kier alpha value is -1.60. The van der Waals surface area contributed by atoms with E-state index in [9.17, 15) is 12.8 Å². The van der Waals surface area contributed by atoms with Gasteiger partial charge in [-0.05, 0) is 25.1 Å². The van der Waals surface area contributed by atoms with Gasteiger partial charge < -0.3 is 5.73 Å². The van der Waals surface area contributed by atoms with Gasteiger partial charge in [0, 0.05) is 12.6 Å². The van der Waals surface area contributed by atoms with E-state index in [1.807, 2.05) is 0 Å². The molecule has 2 N–H and O–H groups in total. The average Bonchev–Trinajstić information content (AvgIpc) is 2.55.